The molecule has 0 radical (unpaired) electrons. The Bertz CT molecular complexity index is 1470. The van der Waals surface area contributed by atoms with E-state index in [9.17, 15) is 4.79 Å². The van der Waals surface area contributed by atoms with Crippen LogP contribution >= 0.6 is 0 Å². The smallest absolute Gasteiger partial charge is 0.221 e. The van der Waals surface area contributed by atoms with Gasteiger partial charge in [0.05, 0.1) is 40.2 Å². The summed E-state index contributed by atoms with van der Waals surface area (Å²) in [5.74, 6) is 3.30. The quantitative estimate of drug-likeness (QED) is 0.309. The maximum atomic E-state index is 14.1. The molecule has 1 N–H and O–H groups in total. The van der Waals surface area contributed by atoms with Crippen LogP contribution in [0.4, 0.5) is 0 Å². The molecule has 41 heavy (non-hydrogen) atoms. The van der Waals surface area contributed by atoms with Crippen molar-refractivity contribution in [3.8, 4) is 23.0 Å². The highest BCUT2D eigenvalue weighted by Gasteiger charge is 2.60. The van der Waals surface area contributed by atoms with Gasteiger partial charge in [0.15, 0.2) is 23.0 Å². The highest BCUT2D eigenvalue weighted by atomic mass is 16.5. The third-order valence-corrected chi connectivity index (χ3v) is 9.90. The lowest BCUT2D eigenvalue weighted by atomic mass is 9.40. The Balaban J connectivity index is 1.39. The Labute approximate surface area is 242 Å². The summed E-state index contributed by atoms with van der Waals surface area (Å²) in [6, 6.07) is 11.1. The summed E-state index contributed by atoms with van der Waals surface area (Å²) in [5.41, 5.74) is 2.38. The van der Waals surface area contributed by atoms with Crippen LogP contribution in [-0.4, -0.2) is 39.3 Å². The first-order valence-corrected chi connectivity index (χ1v) is 14.6. The van der Waals surface area contributed by atoms with E-state index in [2.05, 4.69) is 19.2 Å². The number of carbonyl (C=O) groups excluding carboxylic acids is 1. The number of methoxy groups -OCH3 is 4. The molecule has 0 spiro atoms. The Morgan fingerprint density at radius 1 is 0.854 bits per heavy atom. The Kier molecular flexibility index (Phi) is 6.82. The third kappa shape index (κ3) is 4.98. The Morgan fingerprint density at radius 2 is 1.49 bits per heavy atom. The molecule has 7 rings (SSSR count). The average molecular weight is 559 g/mol. The lowest BCUT2D eigenvalue weighted by Crippen LogP contribution is -2.56. The van der Waals surface area contributed by atoms with Crippen molar-refractivity contribution < 1.29 is 23.7 Å². The summed E-state index contributed by atoms with van der Waals surface area (Å²) < 4.78 is 22.3. The molecule has 0 unspecified atom stereocenters. The zero-order chi connectivity index (χ0) is 29.0. The van der Waals surface area contributed by atoms with Gasteiger partial charge in [-0.3, -0.25) is 9.78 Å². The molecule has 2 aromatic carbocycles. The van der Waals surface area contributed by atoms with Crippen molar-refractivity contribution in [2.75, 3.05) is 28.4 Å². The van der Waals surface area contributed by atoms with Gasteiger partial charge in [0.25, 0.3) is 0 Å². The van der Waals surface area contributed by atoms with Crippen LogP contribution in [0, 0.1) is 22.2 Å². The van der Waals surface area contributed by atoms with E-state index in [1.165, 1.54) is 19.3 Å². The van der Waals surface area contributed by atoms with Gasteiger partial charge in [-0.1, -0.05) is 19.9 Å². The molecule has 0 saturated heterocycles. The van der Waals surface area contributed by atoms with Crippen LogP contribution in [0.15, 0.2) is 42.6 Å². The highest BCUT2D eigenvalue weighted by molar-refractivity contribution is 5.89. The summed E-state index contributed by atoms with van der Waals surface area (Å²) in [7, 11) is 6.50. The normalized spacial score (nSPS) is 28.8. The van der Waals surface area contributed by atoms with Crippen molar-refractivity contribution >= 4 is 16.7 Å². The Morgan fingerprint density at radius 3 is 2.12 bits per heavy atom. The molecule has 4 fully saturated rings. The fraction of sp³-hybridized carbons (Fsp3) is 0.529. The molecule has 1 heterocycles. The van der Waals surface area contributed by atoms with Gasteiger partial charge in [0, 0.05) is 18.0 Å². The van der Waals surface area contributed by atoms with Crippen LogP contribution in [0.5, 0.6) is 23.0 Å². The van der Waals surface area contributed by atoms with E-state index in [0.717, 1.165) is 47.2 Å². The van der Waals surface area contributed by atoms with E-state index in [0.29, 0.717) is 40.2 Å². The van der Waals surface area contributed by atoms with Gasteiger partial charge in [-0.05, 0) is 102 Å². The largest absolute Gasteiger partial charge is 0.493 e. The van der Waals surface area contributed by atoms with Gasteiger partial charge in [0.1, 0.15) is 0 Å². The zero-order valence-corrected chi connectivity index (χ0v) is 25.1. The van der Waals surface area contributed by atoms with E-state index in [-0.39, 0.29) is 11.3 Å². The molecule has 4 aliphatic carbocycles. The molecule has 0 aliphatic heterocycles. The summed E-state index contributed by atoms with van der Waals surface area (Å²) in [5, 5.41) is 5.27. The number of nitrogens with one attached hydrogen (secondary N) is 1. The third-order valence-electron chi connectivity index (χ3n) is 9.90. The number of benzene rings is 2. The lowest BCUT2D eigenvalue weighted by molar-refractivity contribution is -0.156. The maximum Gasteiger partial charge on any atom is 0.221 e. The van der Waals surface area contributed by atoms with Crippen molar-refractivity contribution in [1.29, 1.82) is 0 Å². The number of aromatic nitrogens is 1. The number of hydrogen-bond acceptors (Lipinski definition) is 6. The van der Waals surface area contributed by atoms with Gasteiger partial charge in [-0.25, -0.2) is 0 Å². The topological polar surface area (TPSA) is 78.9 Å². The molecule has 3 aromatic rings. The number of rotatable bonds is 9. The minimum atomic E-state index is -0.496. The summed E-state index contributed by atoms with van der Waals surface area (Å²) in [6.07, 6.45) is 9.69. The first kappa shape index (κ1) is 27.7. The van der Waals surface area contributed by atoms with Crippen LogP contribution in [0.2, 0.25) is 0 Å². The second-order valence-electron chi connectivity index (χ2n) is 13.5. The van der Waals surface area contributed by atoms with E-state index >= 15 is 0 Å². The number of ether oxygens (including phenoxy) is 4. The Hall–Kier alpha value is -3.48. The van der Waals surface area contributed by atoms with Crippen molar-refractivity contribution in [1.82, 2.24) is 10.3 Å². The first-order valence-electron chi connectivity index (χ1n) is 14.6. The molecule has 218 valence electrons. The fourth-order valence-corrected chi connectivity index (χ4v) is 9.53. The zero-order valence-electron chi connectivity index (χ0n) is 25.1. The van der Waals surface area contributed by atoms with Crippen molar-refractivity contribution in [2.24, 2.45) is 22.2 Å². The molecular weight excluding hydrogens is 516 g/mol. The number of nitrogens with zero attached hydrogens (tertiary/aromatic N) is 1. The molecule has 4 bridgehead atoms. The molecule has 1 amide bonds. The highest BCUT2D eigenvalue weighted by Crippen LogP contribution is 2.70. The van der Waals surface area contributed by atoms with Crippen LogP contribution in [0.1, 0.15) is 76.1 Å². The molecular formula is C34H42N2O5. The lowest BCUT2D eigenvalue weighted by Gasteiger charge is -2.65. The molecule has 7 heteroatoms. The van der Waals surface area contributed by atoms with Crippen molar-refractivity contribution in [2.45, 2.75) is 64.8 Å². The predicted molar refractivity (Wildman–Crippen MR) is 159 cm³/mol. The molecule has 4 saturated carbocycles. The molecule has 3 atom stereocenters. The number of pyridine rings is 1. The summed E-state index contributed by atoms with van der Waals surface area (Å²) in [6.45, 7) is 4.91. The minimum absolute atomic E-state index is 0.0674. The number of hydrogen-bond donors (Lipinski definition) is 1. The molecule has 7 nitrogen and oxygen atoms in total. The van der Waals surface area contributed by atoms with Crippen LogP contribution in [0.3, 0.4) is 0 Å². The SMILES string of the molecule is COc1ccc([C@@H](NC(=O)CC23CC4C[C@@](C)(C2)C[C@@](C)(C4)C3)c2nccc3cc(OC)c(OC)cc23)cc1OC. The van der Waals surface area contributed by atoms with Crippen molar-refractivity contribution in [3.05, 3.63) is 53.9 Å². The minimum Gasteiger partial charge on any atom is -0.493 e. The molecule has 4 aliphatic rings. The number of carbonyl (C=O) groups is 1. The summed E-state index contributed by atoms with van der Waals surface area (Å²) in [4.78, 5) is 18.9. The van der Waals surface area contributed by atoms with Crippen molar-refractivity contribution in [3.63, 3.8) is 0 Å². The van der Waals surface area contributed by atoms with Gasteiger partial charge in [-0.2, -0.15) is 0 Å². The number of fused-ring (bicyclic) bond motifs is 1. The first-order chi connectivity index (χ1) is 19.6. The van der Waals surface area contributed by atoms with E-state index in [1.54, 1.807) is 34.6 Å². The monoisotopic (exact) mass is 558 g/mol. The molecule has 1 aromatic heterocycles. The summed E-state index contributed by atoms with van der Waals surface area (Å²) >= 11 is 0. The van der Waals surface area contributed by atoms with E-state index < -0.39 is 6.04 Å². The maximum absolute atomic E-state index is 14.1. The second kappa shape index (κ2) is 10.1. The van der Waals surface area contributed by atoms with Crippen LogP contribution < -0.4 is 24.3 Å². The standard InChI is InChI=1S/C34H42N2O5/c1-32-14-21-15-33(2,18-32)20-34(16-21,19-32)17-29(37)36-30(23-7-8-25(38-3)26(12-23)39-4)31-24-13-28(41-6)27(40-5)11-22(24)9-10-35-31/h7-13,21,30H,14-20H2,1-6H3,(H,36,37)/t21?,30-,32-,33-,34?/m1/s1. The number of amides is 1. The average Bonchev–Trinajstić information content (AvgIpc) is 2.92. The van der Waals surface area contributed by atoms with Gasteiger partial charge >= 0.3 is 0 Å². The van der Waals surface area contributed by atoms with Gasteiger partial charge < -0.3 is 24.3 Å². The predicted octanol–water partition coefficient (Wildman–Crippen LogP) is 6.86. The van der Waals surface area contributed by atoms with Crippen LogP contribution in [0.25, 0.3) is 10.8 Å². The van der Waals surface area contributed by atoms with Gasteiger partial charge in [0.2, 0.25) is 5.91 Å². The van der Waals surface area contributed by atoms with Crippen LogP contribution in [-0.2, 0) is 4.79 Å². The van der Waals surface area contributed by atoms with E-state index in [1.807, 2.05) is 36.4 Å². The second-order valence-corrected chi connectivity index (χ2v) is 13.5. The fourth-order valence-electron chi connectivity index (χ4n) is 9.53. The van der Waals surface area contributed by atoms with E-state index in [4.69, 9.17) is 23.9 Å². The van der Waals surface area contributed by atoms with Gasteiger partial charge in [-0.15, -0.1) is 0 Å².